The molecule has 1 aliphatic carbocycles. The first-order valence-electron chi connectivity index (χ1n) is 13.1. The van der Waals surface area contributed by atoms with Crippen molar-refractivity contribution in [3.05, 3.63) is 34.9 Å². The molecule has 0 spiro atoms. The third kappa shape index (κ3) is 13.8. The molecule has 0 saturated heterocycles. The molecule has 1 fully saturated rings. The number of carboxylic acid groups (broad SMARTS) is 2. The average Bonchev–Trinajstić information content (AvgIpc) is 2.88. The first-order valence-corrected chi connectivity index (χ1v) is 13.5. The van der Waals surface area contributed by atoms with Gasteiger partial charge in [0.15, 0.2) is 0 Å². The second-order valence-electron chi connectivity index (χ2n) is 9.67. The molecule has 0 aromatic heterocycles. The highest BCUT2D eigenvalue weighted by Crippen LogP contribution is 2.27. The summed E-state index contributed by atoms with van der Waals surface area (Å²) >= 11 is 5.95. The summed E-state index contributed by atoms with van der Waals surface area (Å²) in [6.07, 6.45) is 2.49. The van der Waals surface area contributed by atoms with Crippen LogP contribution in [0.5, 0.6) is 0 Å². The Morgan fingerprint density at radius 1 is 0.975 bits per heavy atom. The van der Waals surface area contributed by atoms with E-state index in [1.54, 1.807) is 12.1 Å². The molecule has 1 saturated carbocycles. The van der Waals surface area contributed by atoms with Gasteiger partial charge in [0.25, 0.3) is 0 Å². The van der Waals surface area contributed by atoms with Crippen LogP contribution in [0, 0.1) is 5.92 Å². The number of hydrogen-bond donors (Lipinski definition) is 6. The van der Waals surface area contributed by atoms with E-state index in [2.05, 4.69) is 16.0 Å². The van der Waals surface area contributed by atoms with Crippen molar-refractivity contribution in [2.24, 2.45) is 11.7 Å². The number of nitrogens with two attached hydrogens (primary N) is 1. The molecule has 0 radical (unpaired) electrons. The SMILES string of the molecule is C[C@H](NC(=O)[C@@H](CC1CCCCC1)NC(=O)N[C@@H](CCCCN)C(=O)O)c1ccc(Cl)cc1.O=C(O)C(F)(F)F. The summed E-state index contributed by atoms with van der Waals surface area (Å²) in [5.41, 5.74) is 6.37. The summed E-state index contributed by atoms with van der Waals surface area (Å²) in [5, 5.41) is 25.4. The summed E-state index contributed by atoms with van der Waals surface area (Å²) in [6.45, 7) is 2.34. The van der Waals surface area contributed by atoms with E-state index in [-0.39, 0.29) is 18.4 Å². The van der Waals surface area contributed by atoms with Crippen molar-refractivity contribution >= 4 is 35.5 Å². The molecule has 1 aromatic rings. The van der Waals surface area contributed by atoms with Crippen LogP contribution in [0.4, 0.5) is 18.0 Å². The first kappa shape index (κ1) is 35.0. The Hall–Kier alpha value is -3.06. The van der Waals surface area contributed by atoms with Gasteiger partial charge < -0.3 is 31.9 Å². The molecule has 14 heteroatoms. The van der Waals surface area contributed by atoms with E-state index in [0.29, 0.717) is 36.7 Å². The van der Waals surface area contributed by atoms with E-state index in [1.165, 1.54) is 6.42 Å². The van der Waals surface area contributed by atoms with E-state index in [0.717, 1.165) is 31.2 Å². The van der Waals surface area contributed by atoms with Gasteiger partial charge >= 0.3 is 24.1 Å². The molecule has 0 bridgehead atoms. The van der Waals surface area contributed by atoms with Crippen molar-refractivity contribution in [3.63, 3.8) is 0 Å². The number of benzene rings is 1. The Kier molecular flexibility index (Phi) is 15.4. The molecular weight excluding hydrogens is 557 g/mol. The van der Waals surface area contributed by atoms with Crippen LogP contribution >= 0.6 is 11.6 Å². The number of carboxylic acids is 2. The van der Waals surface area contributed by atoms with Crippen LogP contribution in [0.25, 0.3) is 0 Å². The van der Waals surface area contributed by atoms with E-state index >= 15 is 0 Å². The molecular formula is C26H38ClF3N4O6. The third-order valence-corrected chi connectivity index (χ3v) is 6.69. The monoisotopic (exact) mass is 594 g/mol. The second kappa shape index (κ2) is 17.6. The Morgan fingerprint density at radius 2 is 1.52 bits per heavy atom. The minimum Gasteiger partial charge on any atom is -0.480 e. The standard InChI is InChI=1S/C24H37ClN4O4.C2HF3O2/c1-16(18-10-12-19(25)13-11-18)27-22(30)21(15-17-7-3-2-4-8-17)29-24(33)28-20(23(31)32)9-5-6-14-26;3-2(4,5)1(6)7/h10-13,16-17,20-21H,2-9,14-15,26H2,1H3,(H,27,30)(H,31,32)(H2,28,29,33);(H,6,7)/t16-,20-,21+;/m0./s1. The lowest BCUT2D eigenvalue weighted by Gasteiger charge is -2.28. The molecule has 1 aliphatic rings. The molecule has 226 valence electrons. The first-order chi connectivity index (χ1) is 18.7. The van der Waals surface area contributed by atoms with Gasteiger partial charge in [0.1, 0.15) is 12.1 Å². The van der Waals surface area contributed by atoms with Crippen LogP contribution in [0.3, 0.4) is 0 Å². The highest BCUT2D eigenvalue weighted by molar-refractivity contribution is 6.30. The Morgan fingerprint density at radius 3 is 2.02 bits per heavy atom. The highest BCUT2D eigenvalue weighted by atomic mass is 35.5. The van der Waals surface area contributed by atoms with Crippen molar-refractivity contribution in [2.45, 2.75) is 89.0 Å². The summed E-state index contributed by atoms with van der Waals surface area (Å²) in [5.74, 6) is -3.80. The summed E-state index contributed by atoms with van der Waals surface area (Å²) < 4.78 is 31.7. The number of carbonyl (C=O) groups is 4. The fraction of sp³-hybridized carbons (Fsp3) is 0.615. The zero-order valence-corrected chi connectivity index (χ0v) is 23.1. The van der Waals surface area contributed by atoms with Crippen LogP contribution < -0.4 is 21.7 Å². The lowest BCUT2D eigenvalue weighted by Crippen LogP contribution is -2.54. The lowest BCUT2D eigenvalue weighted by atomic mass is 9.84. The molecule has 3 atom stereocenters. The van der Waals surface area contributed by atoms with Gasteiger partial charge in [-0.1, -0.05) is 55.8 Å². The van der Waals surface area contributed by atoms with E-state index < -0.39 is 36.2 Å². The van der Waals surface area contributed by atoms with Gasteiger partial charge in [0, 0.05) is 5.02 Å². The summed E-state index contributed by atoms with van der Waals surface area (Å²) in [7, 11) is 0. The number of nitrogens with one attached hydrogen (secondary N) is 3. The number of carbonyl (C=O) groups excluding carboxylic acids is 2. The second-order valence-corrected chi connectivity index (χ2v) is 10.1. The normalized spacial score (nSPS) is 15.9. The van der Waals surface area contributed by atoms with Gasteiger partial charge in [0.2, 0.25) is 5.91 Å². The van der Waals surface area contributed by atoms with E-state index in [9.17, 15) is 32.7 Å². The molecule has 10 nitrogen and oxygen atoms in total. The smallest absolute Gasteiger partial charge is 0.480 e. The molecule has 0 unspecified atom stereocenters. The molecule has 2 rings (SSSR count). The number of alkyl halides is 3. The quantitative estimate of drug-likeness (QED) is 0.195. The molecule has 1 aromatic carbocycles. The number of urea groups is 1. The van der Waals surface area contributed by atoms with Crippen LogP contribution in [0.2, 0.25) is 5.02 Å². The fourth-order valence-corrected chi connectivity index (χ4v) is 4.37. The zero-order chi connectivity index (χ0) is 30.3. The van der Waals surface area contributed by atoms with Gasteiger partial charge in [-0.2, -0.15) is 13.2 Å². The predicted octanol–water partition coefficient (Wildman–Crippen LogP) is 4.37. The summed E-state index contributed by atoms with van der Waals surface area (Å²) in [4.78, 5) is 46.2. The van der Waals surface area contributed by atoms with Crippen molar-refractivity contribution in [1.29, 1.82) is 0 Å². The lowest BCUT2D eigenvalue weighted by molar-refractivity contribution is -0.192. The number of unbranched alkanes of at least 4 members (excludes halogenated alkanes) is 1. The Labute approximate surface area is 236 Å². The molecule has 0 aliphatic heterocycles. The molecule has 3 amide bonds. The van der Waals surface area contributed by atoms with Gasteiger partial charge in [-0.3, -0.25) is 4.79 Å². The maximum Gasteiger partial charge on any atom is 0.490 e. The van der Waals surface area contributed by atoms with Gasteiger partial charge in [-0.25, -0.2) is 14.4 Å². The van der Waals surface area contributed by atoms with Gasteiger partial charge in [-0.05, 0) is 62.8 Å². The zero-order valence-electron chi connectivity index (χ0n) is 22.3. The minimum absolute atomic E-state index is 0.267. The molecule has 7 N–H and O–H groups in total. The van der Waals surface area contributed by atoms with Crippen molar-refractivity contribution in [3.8, 4) is 0 Å². The van der Waals surface area contributed by atoms with Crippen molar-refractivity contribution in [2.75, 3.05) is 6.54 Å². The Balaban J connectivity index is 0.00000101. The van der Waals surface area contributed by atoms with Crippen molar-refractivity contribution in [1.82, 2.24) is 16.0 Å². The largest absolute Gasteiger partial charge is 0.490 e. The number of amides is 3. The van der Waals surface area contributed by atoms with Gasteiger partial charge in [-0.15, -0.1) is 0 Å². The topological polar surface area (TPSA) is 171 Å². The van der Waals surface area contributed by atoms with Crippen LogP contribution in [0.1, 0.15) is 76.3 Å². The number of aliphatic carboxylic acids is 2. The number of rotatable bonds is 12. The minimum atomic E-state index is -5.08. The fourth-order valence-electron chi connectivity index (χ4n) is 4.24. The maximum atomic E-state index is 13.1. The van der Waals surface area contributed by atoms with E-state index in [4.69, 9.17) is 27.2 Å². The van der Waals surface area contributed by atoms with Gasteiger partial charge in [0.05, 0.1) is 6.04 Å². The Bertz CT molecular complexity index is 959. The van der Waals surface area contributed by atoms with Crippen LogP contribution in [-0.4, -0.2) is 58.9 Å². The maximum absolute atomic E-state index is 13.1. The molecule has 40 heavy (non-hydrogen) atoms. The third-order valence-electron chi connectivity index (χ3n) is 6.44. The van der Waals surface area contributed by atoms with Crippen LogP contribution in [-0.2, 0) is 14.4 Å². The van der Waals surface area contributed by atoms with Crippen LogP contribution in [0.15, 0.2) is 24.3 Å². The molecule has 0 heterocycles. The average molecular weight is 595 g/mol. The van der Waals surface area contributed by atoms with E-state index in [1.807, 2.05) is 19.1 Å². The number of halogens is 4. The van der Waals surface area contributed by atoms with Crippen molar-refractivity contribution < 1.29 is 42.6 Å². The predicted molar refractivity (Wildman–Crippen MR) is 143 cm³/mol. The number of hydrogen-bond acceptors (Lipinski definition) is 5. The summed E-state index contributed by atoms with van der Waals surface area (Å²) in [6, 6.07) is 4.54. The highest BCUT2D eigenvalue weighted by Gasteiger charge is 2.38.